The number of hydrogen-bond donors (Lipinski definition) is 2. The topological polar surface area (TPSA) is 63.3 Å². The van der Waals surface area contributed by atoms with Crippen molar-refractivity contribution in [1.82, 2.24) is 0 Å². The zero-order valence-electron chi connectivity index (χ0n) is 7.78. The normalized spacial score (nSPS) is 40.2. The maximum absolute atomic E-state index is 10.8. The molecule has 3 N–H and O–H groups in total. The van der Waals surface area contributed by atoms with Crippen LogP contribution in [0.25, 0.3) is 0 Å². The van der Waals surface area contributed by atoms with E-state index in [4.69, 9.17) is 5.73 Å². The molecule has 0 aromatic rings. The molecule has 0 aromatic heterocycles. The summed E-state index contributed by atoms with van der Waals surface area (Å²) in [6, 6.07) is 0. The van der Waals surface area contributed by atoms with E-state index in [1.54, 1.807) is 0 Å². The van der Waals surface area contributed by atoms with Crippen LogP contribution in [0.3, 0.4) is 0 Å². The van der Waals surface area contributed by atoms with Gasteiger partial charge in [-0.3, -0.25) is 4.79 Å². The highest BCUT2D eigenvalue weighted by Gasteiger charge is 2.40. The molecule has 3 saturated carbocycles. The van der Waals surface area contributed by atoms with Crippen LogP contribution >= 0.6 is 0 Å². The number of carbonyl (C=O) groups excluding carboxylic acids is 1. The molecule has 74 valence electrons. The van der Waals surface area contributed by atoms with Crippen LogP contribution in [0.2, 0.25) is 0 Å². The molecule has 0 spiro atoms. The highest BCUT2D eigenvalue weighted by molar-refractivity contribution is 5.78. The van der Waals surface area contributed by atoms with Crippen molar-refractivity contribution in [1.29, 1.82) is 0 Å². The third kappa shape index (κ3) is 1.57. The van der Waals surface area contributed by atoms with Crippen LogP contribution in [-0.4, -0.2) is 17.1 Å². The Morgan fingerprint density at radius 2 is 1.92 bits per heavy atom. The summed E-state index contributed by atoms with van der Waals surface area (Å²) < 4.78 is 0. The molecule has 0 heterocycles. The van der Waals surface area contributed by atoms with Gasteiger partial charge in [-0.2, -0.15) is 0 Å². The van der Waals surface area contributed by atoms with E-state index in [1.165, 1.54) is 25.7 Å². The molecule has 0 radical (unpaired) electrons. The quantitative estimate of drug-likeness (QED) is 0.660. The molecule has 0 aliphatic heterocycles. The van der Waals surface area contributed by atoms with Crippen LogP contribution in [-0.2, 0) is 4.79 Å². The van der Waals surface area contributed by atoms with Gasteiger partial charge in [-0.05, 0) is 37.0 Å². The first-order chi connectivity index (χ1) is 6.18. The molecule has 13 heavy (non-hydrogen) atoms. The van der Waals surface area contributed by atoms with E-state index in [1.807, 2.05) is 0 Å². The standard InChI is InChI=1S/C10H17NO2/c11-10(13)9(12)8-5-6-1-3-7(8)4-2-6/h6-9,12H,1-5H2,(H2,11,13). The van der Waals surface area contributed by atoms with Crippen molar-refractivity contribution in [3.05, 3.63) is 0 Å². The second kappa shape index (κ2) is 3.29. The molecule has 0 aromatic carbocycles. The molecule has 3 heteroatoms. The Hall–Kier alpha value is -0.570. The van der Waals surface area contributed by atoms with Crippen molar-refractivity contribution in [2.24, 2.45) is 23.5 Å². The maximum Gasteiger partial charge on any atom is 0.246 e. The van der Waals surface area contributed by atoms with E-state index in [-0.39, 0.29) is 5.92 Å². The van der Waals surface area contributed by atoms with E-state index in [0.717, 1.165) is 12.3 Å². The Balaban J connectivity index is 2.04. The molecular weight excluding hydrogens is 166 g/mol. The van der Waals surface area contributed by atoms with E-state index in [9.17, 15) is 9.90 Å². The summed E-state index contributed by atoms with van der Waals surface area (Å²) in [5, 5.41) is 9.60. The molecule has 1 amide bonds. The number of rotatable bonds is 2. The van der Waals surface area contributed by atoms with E-state index in [2.05, 4.69) is 0 Å². The summed E-state index contributed by atoms with van der Waals surface area (Å²) in [4.78, 5) is 10.8. The Morgan fingerprint density at radius 3 is 2.31 bits per heavy atom. The van der Waals surface area contributed by atoms with Gasteiger partial charge in [-0.1, -0.05) is 12.8 Å². The number of aliphatic hydroxyl groups excluding tert-OH is 1. The van der Waals surface area contributed by atoms with Crippen molar-refractivity contribution in [2.75, 3.05) is 0 Å². The minimum absolute atomic E-state index is 0.157. The number of fused-ring (bicyclic) bond motifs is 3. The Morgan fingerprint density at radius 1 is 1.31 bits per heavy atom. The first-order valence-electron chi connectivity index (χ1n) is 5.16. The molecule has 3 aliphatic rings. The van der Waals surface area contributed by atoms with Crippen LogP contribution in [0.4, 0.5) is 0 Å². The molecule has 3 fully saturated rings. The van der Waals surface area contributed by atoms with Gasteiger partial charge >= 0.3 is 0 Å². The predicted octanol–water partition coefficient (Wildman–Crippen LogP) is 0.659. The van der Waals surface area contributed by atoms with Crippen molar-refractivity contribution < 1.29 is 9.90 Å². The molecule has 2 bridgehead atoms. The second-order valence-corrected chi connectivity index (χ2v) is 4.53. The fourth-order valence-electron chi connectivity index (χ4n) is 3.03. The zero-order valence-corrected chi connectivity index (χ0v) is 7.78. The molecule has 2 unspecified atom stereocenters. The van der Waals surface area contributed by atoms with Crippen molar-refractivity contribution in [2.45, 2.75) is 38.2 Å². The predicted molar refractivity (Wildman–Crippen MR) is 48.8 cm³/mol. The van der Waals surface area contributed by atoms with Gasteiger partial charge in [0.25, 0.3) is 0 Å². The number of primary amides is 1. The fraction of sp³-hybridized carbons (Fsp3) is 0.900. The van der Waals surface area contributed by atoms with Gasteiger partial charge in [0.2, 0.25) is 5.91 Å². The summed E-state index contributed by atoms with van der Waals surface area (Å²) in [5.74, 6) is 0.902. The van der Waals surface area contributed by atoms with Gasteiger partial charge in [-0.15, -0.1) is 0 Å². The van der Waals surface area contributed by atoms with Crippen molar-refractivity contribution >= 4 is 5.91 Å². The minimum Gasteiger partial charge on any atom is -0.383 e. The Bertz CT molecular complexity index is 209. The lowest BCUT2D eigenvalue weighted by molar-refractivity contribution is -0.132. The lowest BCUT2D eigenvalue weighted by Crippen LogP contribution is -2.44. The SMILES string of the molecule is NC(=O)C(O)C1CC2CCC1CC2. The smallest absolute Gasteiger partial charge is 0.246 e. The molecule has 0 saturated heterocycles. The summed E-state index contributed by atoms with van der Waals surface area (Å²) in [6.07, 6.45) is 5.04. The molecule has 3 aliphatic carbocycles. The molecule has 3 nitrogen and oxygen atoms in total. The van der Waals surface area contributed by atoms with Crippen LogP contribution < -0.4 is 5.73 Å². The maximum atomic E-state index is 10.8. The van der Waals surface area contributed by atoms with Crippen LogP contribution in [0.1, 0.15) is 32.1 Å². The van der Waals surface area contributed by atoms with Crippen molar-refractivity contribution in [3.8, 4) is 0 Å². The summed E-state index contributed by atoms with van der Waals surface area (Å²) in [6.45, 7) is 0. The number of carbonyl (C=O) groups is 1. The number of amides is 1. The minimum atomic E-state index is -0.895. The first-order valence-corrected chi connectivity index (χ1v) is 5.16. The summed E-state index contributed by atoms with van der Waals surface area (Å²) in [5.41, 5.74) is 5.11. The van der Waals surface area contributed by atoms with E-state index in [0.29, 0.717) is 5.92 Å². The fourth-order valence-corrected chi connectivity index (χ4v) is 3.03. The summed E-state index contributed by atoms with van der Waals surface area (Å²) >= 11 is 0. The third-order valence-corrected chi connectivity index (χ3v) is 3.80. The molecule has 2 atom stereocenters. The van der Waals surface area contributed by atoms with Gasteiger partial charge in [0.15, 0.2) is 0 Å². The van der Waals surface area contributed by atoms with E-state index >= 15 is 0 Å². The highest BCUT2D eigenvalue weighted by atomic mass is 16.3. The van der Waals surface area contributed by atoms with Gasteiger partial charge in [0.05, 0.1) is 0 Å². The van der Waals surface area contributed by atoms with Gasteiger partial charge in [0.1, 0.15) is 6.10 Å². The lowest BCUT2D eigenvalue weighted by atomic mass is 9.63. The Labute approximate surface area is 78.3 Å². The monoisotopic (exact) mass is 183 g/mol. The van der Waals surface area contributed by atoms with Gasteiger partial charge in [-0.25, -0.2) is 0 Å². The van der Waals surface area contributed by atoms with Gasteiger partial charge in [0, 0.05) is 0 Å². The van der Waals surface area contributed by atoms with Crippen LogP contribution in [0.5, 0.6) is 0 Å². The van der Waals surface area contributed by atoms with Crippen LogP contribution in [0.15, 0.2) is 0 Å². The number of nitrogens with two attached hydrogens (primary N) is 1. The van der Waals surface area contributed by atoms with E-state index < -0.39 is 12.0 Å². The Kier molecular flexibility index (Phi) is 2.28. The zero-order chi connectivity index (χ0) is 9.42. The second-order valence-electron chi connectivity index (χ2n) is 4.53. The van der Waals surface area contributed by atoms with Crippen molar-refractivity contribution in [3.63, 3.8) is 0 Å². The molecule has 3 rings (SSSR count). The number of hydrogen-bond acceptors (Lipinski definition) is 2. The van der Waals surface area contributed by atoms with Gasteiger partial charge < -0.3 is 10.8 Å². The lowest BCUT2D eigenvalue weighted by Gasteiger charge is -2.43. The average Bonchev–Trinajstić information content (AvgIpc) is 2.18. The summed E-state index contributed by atoms with van der Waals surface area (Å²) in [7, 11) is 0. The number of aliphatic hydroxyl groups is 1. The average molecular weight is 183 g/mol. The largest absolute Gasteiger partial charge is 0.383 e. The highest BCUT2D eigenvalue weighted by Crippen LogP contribution is 2.46. The molecular formula is C10H17NO2. The first kappa shape index (κ1) is 9.00. The third-order valence-electron chi connectivity index (χ3n) is 3.80. The van der Waals surface area contributed by atoms with Crippen LogP contribution in [0, 0.1) is 17.8 Å².